The van der Waals surface area contributed by atoms with Gasteiger partial charge in [-0.15, -0.1) is 11.3 Å². The monoisotopic (exact) mass is 319 g/mol. The average Bonchev–Trinajstić information content (AvgIpc) is 2.97. The van der Waals surface area contributed by atoms with Gasteiger partial charge in [-0.1, -0.05) is 12.1 Å². The lowest BCUT2D eigenvalue weighted by atomic mass is 9.97. The van der Waals surface area contributed by atoms with Gasteiger partial charge in [-0.2, -0.15) is 0 Å². The van der Waals surface area contributed by atoms with Crippen LogP contribution in [-0.4, -0.2) is 46.6 Å². The molecule has 0 bridgehead atoms. The van der Waals surface area contributed by atoms with Gasteiger partial charge in [-0.05, 0) is 30.9 Å². The van der Waals surface area contributed by atoms with Crippen molar-refractivity contribution >= 4 is 33.6 Å². The van der Waals surface area contributed by atoms with Crippen LogP contribution in [0.5, 0.6) is 0 Å². The largest absolute Gasteiger partial charge is 0.465 e. The number of aromatic nitrogens is 1. The van der Waals surface area contributed by atoms with Crippen LogP contribution in [0.1, 0.15) is 22.6 Å². The van der Waals surface area contributed by atoms with Crippen LogP contribution >= 0.6 is 11.3 Å². The zero-order valence-electron chi connectivity index (χ0n) is 12.0. The van der Waals surface area contributed by atoms with E-state index in [1.54, 1.807) is 0 Å². The number of likely N-dealkylation sites (tertiary alicyclic amines) is 1. The van der Waals surface area contributed by atoms with Gasteiger partial charge >= 0.3 is 6.09 Å². The summed E-state index contributed by atoms with van der Waals surface area (Å²) in [4.78, 5) is 28.8. The third-order valence-electron chi connectivity index (χ3n) is 3.92. The van der Waals surface area contributed by atoms with E-state index in [0.717, 1.165) is 23.1 Å². The molecule has 2 heterocycles. The summed E-state index contributed by atoms with van der Waals surface area (Å²) in [5.74, 6) is 0.177. The number of rotatable bonds is 3. The highest BCUT2D eigenvalue weighted by atomic mass is 32.1. The summed E-state index contributed by atoms with van der Waals surface area (Å²) >= 11 is 1.39. The van der Waals surface area contributed by atoms with E-state index >= 15 is 0 Å². The molecule has 2 amide bonds. The molecule has 1 aromatic carbocycles. The van der Waals surface area contributed by atoms with E-state index in [9.17, 15) is 9.59 Å². The molecule has 0 radical (unpaired) electrons. The number of nitrogens with zero attached hydrogens (tertiary/aromatic N) is 2. The normalized spacial score (nSPS) is 15.9. The molecule has 1 aliphatic rings. The highest BCUT2D eigenvalue weighted by Gasteiger charge is 2.23. The van der Waals surface area contributed by atoms with Crippen molar-refractivity contribution in [2.45, 2.75) is 12.8 Å². The summed E-state index contributed by atoms with van der Waals surface area (Å²) < 4.78 is 1.00. The van der Waals surface area contributed by atoms with E-state index in [2.05, 4.69) is 10.3 Å². The summed E-state index contributed by atoms with van der Waals surface area (Å²) in [7, 11) is 0. The molecule has 1 saturated heterocycles. The van der Waals surface area contributed by atoms with Gasteiger partial charge in [0.25, 0.3) is 5.91 Å². The van der Waals surface area contributed by atoms with Gasteiger partial charge in [0.1, 0.15) is 0 Å². The van der Waals surface area contributed by atoms with Crippen LogP contribution < -0.4 is 5.32 Å². The Kier molecular flexibility index (Phi) is 4.24. The minimum atomic E-state index is -0.864. The summed E-state index contributed by atoms with van der Waals surface area (Å²) in [6.45, 7) is 1.65. The molecule has 0 unspecified atom stereocenters. The number of hydrogen-bond acceptors (Lipinski definition) is 4. The number of carboxylic acid groups (broad SMARTS) is 1. The maximum absolute atomic E-state index is 12.2. The second-order valence-electron chi connectivity index (χ2n) is 5.41. The zero-order chi connectivity index (χ0) is 15.5. The van der Waals surface area contributed by atoms with Crippen molar-refractivity contribution in [3.05, 3.63) is 29.3 Å². The van der Waals surface area contributed by atoms with Crippen LogP contribution in [0.3, 0.4) is 0 Å². The molecule has 0 aliphatic carbocycles. The Morgan fingerprint density at radius 1 is 1.32 bits per heavy atom. The summed E-state index contributed by atoms with van der Waals surface area (Å²) in [5.41, 5.74) is 0.840. The molecule has 0 spiro atoms. The van der Waals surface area contributed by atoms with Crippen molar-refractivity contribution in [3.63, 3.8) is 0 Å². The van der Waals surface area contributed by atoms with Crippen LogP contribution in [0.25, 0.3) is 10.2 Å². The Hall–Kier alpha value is -2.15. The molecule has 3 rings (SSSR count). The smallest absolute Gasteiger partial charge is 0.407 e. The molecule has 2 aromatic rings. The number of fused-ring (bicyclic) bond motifs is 1. The van der Waals surface area contributed by atoms with Crippen molar-refractivity contribution in [1.29, 1.82) is 0 Å². The molecular formula is C15H17N3O3S. The second-order valence-corrected chi connectivity index (χ2v) is 6.44. The van der Waals surface area contributed by atoms with Crippen LogP contribution in [0.4, 0.5) is 4.79 Å². The van der Waals surface area contributed by atoms with Gasteiger partial charge in [0.2, 0.25) is 0 Å². The molecule has 116 valence electrons. The lowest BCUT2D eigenvalue weighted by Gasteiger charge is -2.29. The quantitative estimate of drug-likeness (QED) is 0.910. The van der Waals surface area contributed by atoms with Crippen LogP contribution in [-0.2, 0) is 0 Å². The van der Waals surface area contributed by atoms with Crippen molar-refractivity contribution in [3.8, 4) is 0 Å². The minimum Gasteiger partial charge on any atom is -0.465 e. The number of para-hydroxylation sites is 1. The zero-order valence-corrected chi connectivity index (χ0v) is 12.8. The predicted molar refractivity (Wildman–Crippen MR) is 84.3 cm³/mol. The standard InChI is InChI=1S/C15H17N3O3S/c19-13(14-17-11-3-1-2-4-12(11)22-14)16-9-10-5-7-18(8-6-10)15(20)21/h1-4,10H,5-9H2,(H,16,19)(H,20,21). The molecule has 1 aliphatic heterocycles. The fourth-order valence-electron chi connectivity index (χ4n) is 2.61. The van der Waals surface area contributed by atoms with Gasteiger partial charge in [0.15, 0.2) is 5.01 Å². The highest BCUT2D eigenvalue weighted by molar-refractivity contribution is 7.20. The Balaban J connectivity index is 1.53. The van der Waals surface area contributed by atoms with E-state index in [1.165, 1.54) is 16.2 Å². The highest BCUT2D eigenvalue weighted by Crippen LogP contribution is 2.22. The maximum Gasteiger partial charge on any atom is 0.407 e. The molecule has 6 nitrogen and oxygen atoms in total. The van der Waals surface area contributed by atoms with Crippen molar-refractivity contribution in [2.75, 3.05) is 19.6 Å². The van der Waals surface area contributed by atoms with Gasteiger partial charge < -0.3 is 15.3 Å². The van der Waals surface area contributed by atoms with Crippen LogP contribution in [0.2, 0.25) is 0 Å². The predicted octanol–water partition coefficient (Wildman–Crippen LogP) is 2.42. The molecule has 1 fully saturated rings. The molecule has 1 aromatic heterocycles. The van der Waals surface area contributed by atoms with Gasteiger partial charge in [0, 0.05) is 19.6 Å². The van der Waals surface area contributed by atoms with E-state index in [-0.39, 0.29) is 5.91 Å². The average molecular weight is 319 g/mol. The van der Waals surface area contributed by atoms with Gasteiger partial charge in [0.05, 0.1) is 10.2 Å². The number of carbonyl (C=O) groups excluding carboxylic acids is 1. The SMILES string of the molecule is O=C(NCC1CCN(C(=O)O)CC1)c1nc2ccccc2s1. The summed E-state index contributed by atoms with van der Waals surface area (Å²) in [6, 6.07) is 7.67. The van der Waals surface area contributed by atoms with E-state index in [0.29, 0.717) is 30.6 Å². The number of hydrogen-bond donors (Lipinski definition) is 2. The van der Waals surface area contributed by atoms with Crippen LogP contribution in [0, 0.1) is 5.92 Å². The van der Waals surface area contributed by atoms with E-state index < -0.39 is 6.09 Å². The summed E-state index contributed by atoms with van der Waals surface area (Å²) in [6.07, 6.45) is 0.704. The van der Waals surface area contributed by atoms with Crippen molar-refractivity contribution in [2.24, 2.45) is 5.92 Å². The first kappa shape index (κ1) is 14.8. The molecule has 22 heavy (non-hydrogen) atoms. The lowest BCUT2D eigenvalue weighted by molar-refractivity contribution is 0.0928. The van der Waals surface area contributed by atoms with Gasteiger partial charge in [-0.25, -0.2) is 9.78 Å². The Morgan fingerprint density at radius 3 is 2.73 bits per heavy atom. The fraction of sp³-hybridized carbons (Fsp3) is 0.400. The lowest BCUT2D eigenvalue weighted by Crippen LogP contribution is -2.40. The Bertz CT molecular complexity index is 659. The molecule has 2 N–H and O–H groups in total. The van der Waals surface area contributed by atoms with Crippen molar-refractivity contribution in [1.82, 2.24) is 15.2 Å². The third-order valence-corrected chi connectivity index (χ3v) is 4.96. The fourth-order valence-corrected chi connectivity index (χ4v) is 3.49. The summed E-state index contributed by atoms with van der Waals surface area (Å²) in [5, 5.41) is 12.3. The molecule has 7 heteroatoms. The van der Waals surface area contributed by atoms with Crippen LogP contribution in [0.15, 0.2) is 24.3 Å². The first-order chi connectivity index (χ1) is 10.6. The van der Waals surface area contributed by atoms with E-state index in [4.69, 9.17) is 5.11 Å². The molecule has 0 atom stereocenters. The molecule has 0 saturated carbocycles. The number of amides is 2. The molecular weight excluding hydrogens is 302 g/mol. The Labute approximate surface area is 131 Å². The number of nitrogens with one attached hydrogen (secondary N) is 1. The van der Waals surface area contributed by atoms with Gasteiger partial charge in [-0.3, -0.25) is 4.79 Å². The first-order valence-corrected chi connectivity index (χ1v) is 8.07. The maximum atomic E-state index is 12.2. The van der Waals surface area contributed by atoms with Crippen molar-refractivity contribution < 1.29 is 14.7 Å². The topological polar surface area (TPSA) is 82.5 Å². The number of carbonyl (C=O) groups is 2. The minimum absolute atomic E-state index is 0.151. The second kappa shape index (κ2) is 6.31. The van der Waals surface area contributed by atoms with E-state index in [1.807, 2.05) is 24.3 Å². The first-order valence-electron chi connectivity index (χ1n) is 7.25. The number of piperidine rings is 1. The Morgan fingerprint density at radius 2 is 2.05 bits per heavy atom. The third kappa shape index (κ3) is 3.19. The number of benzene rings is 1. The number of thiazole rings is 1.